The molecule has 0 aliphatic carbocycles. The number of anilines is 1. The van der Waals surface area contributed by atoms with Crippen LogP contribution in [-0.4, -0.2) is 43.2 Å². The van der Waals surface area contributed by atoms with E-state index in [-0.39, 0.29) is 17.9 Å². The molecule has 6 heteroatoms. The third-order valence-corrected chi connectivity index (χ3v) is 3.45. The fraction of sp³-hybridized carbons (Fsp3) is 0.571. The molecular weight excluding hydrogens is 322 g/mol. The Labute approximate surface area is 128 Å². The Morgan fingerprint density at radius 1 is 1.50 bits per heavy atom. The van der Waals surface area contributed by atoms with E-state index in [0.29, 0.717) is 24.3 Å². The molecule has 0 bridgehead atoms. The summed E-state index contributed by atoms with van der Waals surface area (Å²) in [6, 6.07) is 1.76. The number of hydrogen-bond donors (Lipinski definition) is 2. The summed E-state index contributed by atoms with van der Waals surface area (Å²) in [5.74, 6) is 0.471. The first-order valence-corrected chi connectivity index (χ1v) is 7.28. The van der Waals surface area contributed by atoms with Crippen LogP contribution in [0.1, 0.15) is 30.6 Å². The van der Waals surface area contributed by atoms with Crippen molar-refractivity contribution in [2.75, 3.05) is 32.1 Å². The van der Waals surface area contributed by atoms with Gasteiger partial charge in [-0.2, -0.15) is 0 Å². The lowest BCUT2D eigenvalue weighted by Gasteiger charge is -2.24. The smallest absolute Gasteiger partial charge is 0.255 e. The quantitative estimate of drug-likeness (QED) is 0.829. The van der Waals surface area contributed by atoms with Gasteiger partial charge in [-0.15, -0.1) is 0 Å². The number of nitrogens with zero attached hydrogens (tertiary/aromatic N) is 2. The molecule has 1 aromatic heterocycles. The summed E-state index contributed by atoms with van der Waals surface area (Å²) >= 11 is 3.34. The molecule has 0 aliphatic rings. The van der Waals surface area contributed by atoms with E-state index in [1.165, 1.54) is 0 Å². The van der Waals surface area contributed by atoms with Gasteiger partial charge in [0.1, 0.15) is 5.82 Å². The van der Waals surface area contributed by atoms with Gasteiger partial charge in [0.25, 0.3) is 5.91 Å². The Morgan fingerprint density at radius 3 is 2.70 bits per heavy atom. The van der Waals surface area contributed by atoms with Crippen molar-refractivity contribution in [3.8, 4) is 0 Å². The van der Waals surface area contributed by atoms with Crippen LogP contribution < -0.4 is 10.2 Å². The number of hydrogen-bond acceptors (Lipinski definition) is 4. The lowest BCUT2D eigenvalue weighted by molar-refractivity contribution is 0.0928. The summed E-state index contributed by atoms with van der Waals surface area (Å²) < 4.78 is 0.767. The van der Waals surface area contributed by atoms with E-state index in [9.17, 15) is 4.79 Å². The summed E-state index contributed by atoms with van der Waals surface area (Å²) in [6.07, 6.45) is 2.31. The maximum atomic E-state index is 12.3. The lowest BCUT2D eigenvalue weighted by atomic mass is 9.89. The lowest BCUT2D eigenvalue weighted by Crippen LogP contribution is -2.35. The molecule has 0 radical (unpaired) electrons. The predicted molar refractivity (Wildman–Crippen MR) is 84.1 cm³/mol. The van der Waals surface area contributed by atoms with E-state index in [0.717, 1.165) is 4.47 Å². The van der Waals surface area contributed by atoms with Crippen LogP contribution in [0, 0.1) is 5.41 Å². The average Bonchev–Trinajstić information content (AvgIpc) is 2.35. The fourth-order valence-electron chi connectivity index (χ4n) is 1.76. The maximum Gasteiger partial charge on any atom is 0.255 e. The van der Waals surface area contributed by atoms with Gasteiger partial charge in [0.05, 0.1) is 5.56 Å². The van der Waals surface area contributed by atoms with Crippen LogP contribution in [0.25, 0.3) is 0 Å². The molecule has 1 amide bonds. The highest BCUT2D eigenvalue weighted by Gasteiger charge is 2.20. The van der Waals surface area contributed by atoms with E-state index < -0.39 is 0 Å². The zero-order valence-corrected chi connectivity index (χ0v) is 14.0. The second kappa shape index (κ2) is 7.04. The summed E-state index contributed by atoms with van der Waals surface area (Å²) in [7, 11) is 3.70. The van der Waals surface area contributed by atoms with Crippen LogP contribution in [0.4, 0.5) is 5.82 Å². The molecule has 1 rings (SSSR count). The molecule has 112 valence electrons. The summed E-state index contributed by atoms with van der Waals surface area (Å²) in [4.78, 5) is 18.4. The van der Waals surface area contributed by atoms with E-state index in [4.69, 9.17) is 5.11 Å². The van der Waals surface area contributed by atoms with Gasteiger partial charge < -0.3 is 15.3 Å². The largest absolute Gasteiger partial charge is 0.396 e. The minimum atomic E-state index is -0.159. The number of carbonyl (C=O) groups excluding carboxylic acids is 1. The van der Waals surface area contributed by atoms with E-state index in [1.807, 2.05) is 27.9 Å². The minimum absolute atomic E-state index is 0.115. The third-order valence-electron chi connectivity index (χ3n) is 3.02. The molecule has 0 aliphatic heterocycles. The molecule has 0 spiro atoms. The normalized spacial score (nSPS) is 11.3. The van der Waals surface area contributed by atoms with Gasteiger partial charge in [-0.1, -0.05) is 13.8 Å². The number of carbonyl (C=O) groups is 1. The molecule has 0 unspecified atom stereocenters. The number of halogens is 1. The first kappa shape index (κ1) is 16.9. The summed E-state index contributed by atoms with van der Waals surface area (Å²) in [5.41, 5.74) is 0.395. The number of pyridine rings is 1. The van der Waals surface area contributed by atoms with Crippen LogP contribution in [0.15, 0.2) is 16.7 Å². The Hall–Kier alpha value is -1.14. The molecule has 1 aromatic rings. The van der Waals surface area contributed by atoms with Crippen molar-refractivity contribution in [3.05, 3.63) is 22.3 Å². The van der Waals surface area contributed by atoms with Crippen LogP contribution in [0.5, 0.6) is 0 Å². The molecular formula is C14H22BrN3O2. The highest BCUT2D eigenvalue weighted by atomic mass is 79.9. The van der Waals surface area contributed by atoms with Gasteiger partial charge in [0, 0.05) is 37.9 Å². The van der Waals surface area contributed by atoms with E-state index in [1.54, 1.807) is 17.2 Å². The Balaban J connectivity index is 2.85. The predicted octanol–water partition coefficient (Wildman–Crippen LogP) is 2.05. The molecule has 0 saturated heterocycles. The first-order valence-electron chi connectivity index (χ1n) is 6.49. The number of aliphatic hydroxyl groups is 1. The highest BCUT2D eigenvalue weighted by molar-refractivity contribution is 9.10. The van der Waals surface area contributed by atoms with Crippen molar-refractivity contribution in [3.63, 3.8) is 0 Å². The molecule has 0 saturated carbocycles. The monoisotopic (exact) mass is 343 g/mol. The number of nitrogens with one attached hydrogen (secondary N) is 1. The van der Waals surface area contributed by atoms with Crippen LogP contribution in [0.2, 0.25) is 0 Å². The number of aliphatic hydroxyl groups excluding tert-OH is 1. The molecule has 20 heavy (non-hydrogen) atoms. The SMILES string of the molecule is CN(C)c1ncc(Br)cc1C(=O)NCC(C)(C)CCO. The van der Waals surface area contributed by atoms with E-state index >= 15 is 0 Å². The second-order valence-electron chi connectivity index (χ2n) is 5.74. The minimum Gasteiger partial charge on any atom is -0.396 e. The topological polar surface area (TPSA) is 65.5 Å². The second-order valence-corrected chi connectivity index (χ2v) is 6.66. The van der Waals surface area contributed by atoms with Crippen molar-refractivity contribution in [2.45, 2.75) is 20.3 Å². The van der Waals surface area contributed by atoms with Crippen molar-refractivity contribution in [1.82, 2.24) is 10.3 Å². The Bertz CT molecular complexity index is 475. The van der Waals surface area contributed by atoms with Gasteiger partial charge in [0.15, 0.2) is 0 Å². The Kier molecular flexibility index (Phi) is 5.95. The van der Waals surface area contributed by atoms with Gasteiger partial charge in [-0.25, -0.2) is 4.98 Å². The van der Waals surface area contributed by atoms with Crippen LogP contribution in [0.3, 0.4) is 0 Å². The van der Waals surface area contributed by atoms with E-state index in [2.05, 4.69) is 26.2 Å². The summed E-state index contributed by atoms with van der Waals surface area (Å²) in [6.45, 7) is 4.64. The molecule has 0 aromatic carbocycles. The van der Waals surface area contributed by atoms with Gasteiger partial charge in [0.2, 0.25) is 0 Å². The van der Waals surface area contributed by atoms with Crippen LogP contribution >= 0.6 is 15.9 Å². The van der Waals surface area contributed by atoms with Gasteiger partial charge >= 0.3 is 0 Å². The summed E-state index contributed by atoms with van der Waals surface area (Å²) in [5, 5.41) is 11.9. The average molecular weight is 344 g/mol. The number of aromatic nitrogens is 1. The van der Waals surface area contributed by atoms with Gasteiger partial charge in [-0.3, -0.25) is 4.79 Å². The number of rotatable bonds is 6. The first-order chi connectivity index (χ1) is 9.26. The third kappa shape index (κ3) is 4.76. The van der Waals surface area contributed by atoms with Crippen molar-refractivity contribution in [1.29, 1.82) is 0 Å². The van der Waals surface area contributed by atoms with Crippen molar-refractivity contribution < 1.29 is 9.90 Å². The highest BCUT2D eigenvalue weighted by Crippen LogP contribution is 2.21. The Morgan fingerprint density at radius 2 is 2.15 bits per heavy atom. The molecule has 0 fully saturated rings. The zero-order chi connectivity index (χ0) is 15.3. The van der Waals surface area contributed by atoms with Crippen molar-refractivity contribution in [2.24, 2.45) is 5.41 Å². The fourth-order valence-corrected chi connectivity index (χ4v) is 2.09. The standard InChI is InChI=1S/C14H22BrN3O2/c1-14(2,5-6-19)9-17-13(20)11-7-10(15)8-16-12(11)18(3)4/h7-8,19H,5-6,9H2,1-4H3,(H,17,20). The molecule has 5 nitrogen and oxygen atoms in total. The van der Waals surface area contributed by atoms with Crippen LogP contribution in [-0.2, 0) is 0 Å². The number of amides is 1. The van der Waals surface area contributed by atoms with Crippen molar-refractivity contribution >= 4 is 27.7 Å². The molecule has 1 heterocycles. The zero-order valence-electron chi connectivity index (χ0n) is 12.4. The molecule has 0 atom stereocenters. The molecule has 2 N–H and O–H groups in total. The van der Waals surface area contributed by atoms with Gasteiger partial charge in [-0.05, 0) is 33.8 Å². The maximum absolute atomic E-state index is 12.3.